The Kier molecular flexibility index (Phi) is 3.88. The Bertz CT molecular complexity index is 155. The van der Waals surface area contributed by atoms with Gasteiger partial charge in [0.2, 0.25) is 5.91 Å². The van der Waals surface area contributed by atoms with Crippen LogP contribution < -0.4 is 10.6 Å². The Morgan fingerprint density at radius 1 is 1.75 bits per heavy atom. The Morgan fingerprint density at radius 2 is 2.50 bits per heavy atom. The molecule has 0 aromatic carbocycles. The van der Waals surface area contributed by atoms with Gasteiger partial charge in [-0.1, -0.05) is 0 Å². The number of amides is 1. The molecule has 0 aliphatic carbocycles. The second kappa shape index (κ2) is 4.72. The smallest absolute Gasteiger partial charge is 0.222 e. The maximum Gasteiger partial charge on any atom is 0.222 e. The van der Waals surface area contributed by atoms with Gasteiger partial charge in [-0.15, -0.1) is 11.8 Å². The predicted octanol–water partition coefficient (Wildman–Crippen LogP) is 0.564. The first kappa shape index (κ1) is 9.86. The van der Waals surface area contributed by atoms with Crippen LogP contribution in [0.15, 0.2) is 0 Å². The molecule has 1 amide bonds. The maximum absolute atomic E-state index is 11.2. The van der Waals surface area contributed by atoms with Crippen LogP contribution in [0.1, 0.15) is 20.3 Å². The molecule has 0 aromatic rings. The number of carbonyl (C=O) groups is 1. The van der Waals surface area contributed by atoms with Gasteiger partial charge in [-0.05, 0) is 13.8 Å². The van der Waals surface area contributed by atoms with Gasteiger partial charge in [0.05, 0.1) is 11.8 Å². The summed E-state index contributed by atoms with van der Waals surface area (Å²) in [5.74, 6) is 1.27. The van der Waals surface area contributed by atoms with Crippen molar-refractivity contribution in [2.45, 2.75) is 31.7 Å². The third kappa shape index (κ3) is 3.45. The standard InChI is InChI=1S/C8H16N2OS/c1-6(2)10-7(11)5-8-9-3-4-12-8/h6,8-9H,3-5H2,1-2H3,(H,10,11). The third-order valence-corrected chi connectivity index (χ3v) is 2.79. The van der Waals surface area contributed by atoms with E-state index in [0.717, 1.165) is 12.3 Å². The van der Waals surface area contributed by atoms with Crippen LogP contribution in [0.2, 0.25) is 0 Å². The first-order valence-corrected chi connectivity index (χ1v) is 5.37. The molecule has 1 unspecified atom stereocenters. The van der Waals surface area contributed by atoms with Crippen LogP contribution in [0.3, 0.4) is 0 Å². The molecule has 0 radical (unpaired) electrons. The maximum atomic E-state index is 11.2. The normalized spacial score (nSPS) is 23.1. The van der Waals surface area contributed by atoms with Crippen molar-refractivity contribution < 1.29 is 4.79 Å². The summed E-state index contributed by atoms with van der Waals surface area (Å²) in [6.45, 7) is 4.99. The van der Waals surface area contributed by atoms with Crippen LogP contribution in [0, 0.1) is 0 Å². The number of rotatable bonds is 3. The topological polar surface area (TPSA) is 41.1 Å². The fourth-order valence-corrected chi connectivity index (χ4v) is 2.19. The van der Waals surface area contributed by atoms with Crippen molar-refractivity contribution in [3.8, 4) is 0 Å². The number of hydrogen-bond donors (Lipinski definition) is 2. The van der Waals surface area contributed by atoms with E-state index in [1.807, 2.05) is 25.6 Å². The molecule has 4 heteroatoms. The van der Waals surface area contributed by atoms with Crippen molar-refractivity contribution in [3.63, 3.8) is 0 Å². The summed E-state index contributed by atoms with van der Waals surface area (Å²) in [5.41, 5.74) is 0. The zero-order chi connectivity index (χ0) is 8.97. The van der Waals surface area contributed by atoms with Crippen molar-refractivity contribution in [3.05, 3.63) is 0 Å². The molecule has 1 rings (SSSR count). The minimum absolute atomic E-state index is 0.150. The van der Waals surface area contributed by atoms with Crippen molar-refractivity contribution in [2.75, 3.05) is 12.3 Å². The molecule has 1 heterocycles. The van der Waals surface area contributed by atoms with Crippen LogP contribution in [0.5, 0.6) is 0 Å². The van der Waals surface area contributed by atoms with Gasteiger partial charge in [0.25, 0.3) is 0 Å². The molecule has 0 bridgehead atoms. The molecule has 12 heavy (non-hydrogen) atoms. The molecule has 2 N–H and O–H groups in total. The monoisotopic (exact) mass is 188 g/mol. The minimum Gasteiger partial charge on any atom is -0.354 e. The van der Waals surface area contributed by atoms with Crippen molar-refractivity contribution in [2.24, 2.45) is 0 Å². The molecule has 1 fully saturated rings. The van der Waals surface area contributed by atoms with Gasteiger partial charge >= 0.3 is 0 Å². The lowest BCUT2D eigenvalue weighted by atomic mass is 10.3. The van der Waals surface area contributed by atoms with Crippen LogP contribution in [-0.2, 0) is 4.79 Å². The molecule has 0 spiro atoms. The Hall–Kier alpha value is -0.220. The van der Waals surface area contributed by atoms with Gasteiger partial charge in [0.1, 0.15) is 0 Å². The first-order chi connectivity index (χ1) is 5.68. The van der Waals surface area contributed by atoms with Gasteiger partial charge in [-0.25, -0.2) is 0 Å². The molecule has 1 aliphatic rings. The summed E-state index contributed by atoms with van der Waals surface area (Å²) in [6.07, 6.45) is 0.600. The second-order valence-electron chi connectivity index (χ2n) is 3.24. The fourth-order valence-electron chi connectivity index (χ4n) is 1.16. The van der Waals surface area contributed by atoms with Crippen LogP contribution >= 0.6 is 11.8 Å². The number of hydrogen-bond acceptors (Lipinski definition) is 3. The van der Waals surface area contributed by atoms with E-state index in [2.05, 4.69) is 10.6 Å². The number of thioether (sulfide) groups is 1. The lowest BCUT2D eigenvalue weighted by Gasteiger charge is -2.11. The molecule has 1 aliphatic heterocycles. The molecule has 1 atom stereocenters. The summed E-state index contributed by atoms with van der Waals surface area (Å²) >= 11 is 1.83. The van der Waals surface area contributed by atoms with Gasteiger partial charge in [-0.2, -0.15) is 0 Å². The van der Waals surface area contributed by atoms with Crippen LogP contribution in [0.4, 0.5) is 0 Å². The second-order valence-corrected chi connectivity index (χ2v) is 4.55. The Balaban J connectivity index is 2.16. The van der Waals surface area contributed by atoms with E-state index in [0.29, 0.717) is 11.8 Å². The summed E-state index contributed by atoms with van der Waals surface area (Å²) < 4.78 is 0. The quantitative estimate of drug-likeness (QED) is 0.680. The molecule has 3 nitrogen and oxygen atoms in total. The van der Waals surface area contributed by atoms with E-state index in [1.165, 1.54) is 0 Å². The number of nitrogens with one attached hydrogen (secondary N) is 2. The number of carbonyl (C=O) groups excluding carboxylic acids is 1. The lowest BCUT2D eigenvalue weighted by Crippen LogP contribution is -2.34. The summed E-state index contributed by atoms with van der Waals surface area (Å²) in [7, 11) is 0. The zero-order valence-electron chi connectivity index (χ0n) is 7.59. The first-order valence-electron chi connectivity index (χ1n) is 4.33. The van der Waals surface area contributed by atoms with Gasteiger partial charge < -0.3 is 10.6 Å². The van der Waals surface area contributed by atoms with Gasteiger partial charge in [-0.3, -0.25) is 4.79 Å². The molecule has 70 valence electrons. The highest BCUT2D eigenvalue weighted by molar-refractivity contribution is 8.00. The van der Waals surface area contributed by atoms with E-state index < -0.39 is 0 Å². The van der Waals surface area contributed by atoms with E-state index in [4.69, 9.17) is 0 Å². The Morgan fingerprint density at radius 3 is 3.00 bits per heavy atom. The average Bonchev–Trinajstić information content (AvgIpc) is 2.37. The highest BCUT2D eigenvalue weighted by Gasteiger charge is 2.17. The van der Waals surface area contributed by atoms with Crippen LogP contribution in [-0.4, -0.2) is 29.6 Å². The molecule has 0 aromatic heterocycles. The summed E-state index contributed by atoms with van der Waals surface area (Å²) in [4.78, 5) is 11.2. The SMILES string of the molecule is CC(C)NC(=O)CC1NCCS1. The van der Waals surface area contributed by atoms with E-state index in [1.54, 1.807) is 0 Å². The van der Waals surface area contributed by atoms with Crippen LogP contribution in [0.25, 0.3) is 0 Å². The van der Waals surface area contributed by atoms with Crippen molar-refractivity contribution >= 4 is 17.7 Å². The molecular weight excluding hydrogens is 172 g/mol. The lowest BCUT2D eigenvalue weighted by molar-refractivity contribution is -0.121. The summed E-state index contributed by atoms with van der Waals surface area (Å²) in [5, 5.41) is 6.48. The van der Waals surface area contributed by atoms with E-state index >= 15 is 0 Å². The highest BCUT2D eigenvalue weighted by Crippen LogP contribution is 2.16. The predicted molar refractivity (Wildman–Crippen MR) is 52.1 cm³/mol. The van der Waals surface area contributed by atoms with Crippen molar-refractivity contribution in [1.29, 1.82) is 0 Å². The minimum atomic E-state index is 0.150. The molecule has 1 saturated heterocycles. The molecular formula is C8H16N2OS. The largest absolute Gasteiger partial charge is 0.354 e. The fraction of sp³-hybridized carbons (Fsp3) is 0.875. The average molecular weight is 188 g/mol. The van der Waals surface area contributed by atoms with Crippen molar-refractivity contribution in [1.82, 2.24) is 10.6 Å². The third-order valence-electron chi connectivity index (χ3n) is 1.61. The van der Waals surface area contributed by atoms with E-state index in [-0.39, 0.29) is 11.9 Å². The van der Waals surface area contributed by atoms with E-state index in [9.17, 15) is 4.79 Å². The highest BCUT2D eigenvalue weighted by atomic mass is 32.2. The zero-order valence-corrected chi connectivity index (χ0v) is 8.41. The summed E-state index contributed by atoms with van der Waals surface area (Å²) in [6, 6.07) is 0.254. The van der Waals surface area contributed by atoms with Gasteiger partial charge in [0, 0.05) is 18.3 Å². The Labute approximate surface area is 77.7 Å². The van der Waals surface area contributed by atoms with Gasteiger partial charge in [0.15, 0.2) is 0 Å². The molecule has 0 saturated carbocycles.